The number of carbonyl (C=O) groups excluding carboxylic acids is 1. The maximum absolute atomic E-state index is 12.3. The SMILES string of the molecule is C[C@@H]1[C@H](C)CCC[C@H]1NC(=O)CSc1nc2ccsc2c(=O)n1C. The van der Waals surface area contributed by atoms with Crippen molar-refractivity contribution in [3.63, 3.8) is 0 Å². The van der Waals surface area contributed by atoms with Crippen molar-refractivity contribution >= 4 is 39.2 Å². The summed E-state index contributed by atoms with van der Waals surface area (Å²) in [5, 5.41) is 5.62. The van der Waals surface area contributed by atoms with Gasteiger partial charge in [-0.05, 0) is 29.7 Å². The Morgan fingerprint density at radius 2 is 2.25 bits per heavy atom. The van der Waals surface area contributed by atoms with E-state index in [0.29, 0.717) is 27.2 Å². The molecule has 24 heavy (non-hydrogen) atoms. The Kier molecular flexibility index (Phi) is 5.30. The second-order valence-electron chi connectivity index (χ2n) is 6.62. The molecule has 2 heterocycles. The highest BCUT2D eigenvalue weighted by molar-refractivity contribution is 7.99. The van der Waals surface area contributed by atoms with Crippen molar-refractivity contribution < 1.29 is 4.79 Å². The fourth-order valence-corrected chi connectivity index (χ4v) is 4.85. The normalized spacial score (nSPS) is 24.2. The van der Waals surface area contributed by atoms with Gasteiger partial charge in [0.15, 0.2) is 5.16 Å². The Balaban J connectivity index is 1.64. The van der Waals surface area contributed by atoms with Gasteiger partial charge in [-0.1, -0.05) is 38.5 Å². The van der Waals surface area contributed by atoms with E-state index in [0.717, 1.165) is 6.42 Å². The number of rotatable bonds is 4. The minimum Gasteiger partial charge on any atom is -0.352 e. The van der Waals surface area contributed by atoms with Gasteiger partial charge in [0, 0.05) is 13.1 Å². The molecule has 0 bridgehead atoms. The molecule has 1 fully saturated rings. The maximum Gasteiger partial charge on any atom is 0.271 e. The highest BCUT2D eigenvalue weighted by atomic mass is 32.2. The van der Waals surface area contributed by atoms with E-state index in [1.54, 1.807) is 7.05 Å². The van der Waals surface area contributed by atoms with E-state index in [9.17, 15) is 9.59 Å². The topological polar surface area (TPSA) is 64.0 Å². The maximum atomic E-state index is 12.3. The van der Waals surface area contributed by atoms with Gasteiger partial charge in [-0.25, -0.2) is 4.98 Å². The predicted octanol–water partition coefficient (Wildman–Crippen LogP) is 3.03. The van der Waals surface area contributed by atoms with E-state index in [-0.39, 0.29) is 23.3 Å². The van der Waals surface area contributed by atoms with E-state index in [1.165, 1.54) is 40.5 Å². The van der Waals surface area contributed by atoms with Crippen LogP contribution in [0, 0.1) is 11.8 Å². The Morgan fingerprint density at radius 1 is 1.46 bits per heavy atom. The number of aromatic nitrogens is 2. The number of thioether (sulfide) groups is 1. The van der Waals surface area contributed by atoms with Crippen molar-refractivity contribution in [3.8, 4) is 0 Å². The minimum absolute atomic E-state index is 0.0191. The third-order valence-corrected chi connectivity index (χ3v) is 6.95. The van der Waals surface area contributed by atoms with Crippen molar-refractivity contribution in [2.45, 2.75) is 44.3 Å². The molecule has 1 aliphatic carbocycles. The van der Waals surface area contributed by atoms with Gasteiger partial charge in [0.05, 0.1) is 11.3 Å². The molecular formula is C17H23N3O2S2. The molecule has 5 nitrogen and oxygen atoms in total. The minimum atomic E-state index is -0.0485. The lowest BCUT2D eigenvalue weighted by molar-refractivity contribution is -0.120. The summed E-state index contributed by atoms with van der Waals surface area (Å²) in [6.07, 6.45) is 3.48. The largest absolute Gasteiger partial charge is 0.352 e. The molecule has 2 aromatic heterocycles. The summed E-state index contributed by atoms with van der Waals surface area (Å²) in [5.41, 5.74) is 0.661. The van der Waals surface area contributed by atoms with Crippen molar-refractivity contribution in [2.24, 2.45) is 18.9 Å². The molecule has 0 radical (unpaired) electrons. The molecule has 2 aromatic rings. The van der Waals surface area contributed by atoms with Gasteiger partial charge in [-0.2, -0.15) is 0 Å². The van der Waals surface area contributed by atoms with Crippen molar-refractivity contribution in [2.75, 3.05) is 5.75 Å². The van der Waals surface area contributed by atoms with Crippen LogP contribution in [0.15, 0.2) is 21.4 Å². The first-order chi connectivity index (χ1) is 11.5. The van der Waals surface area contributed by atoms with Crippen LogP contribution in [0.3, 0.4) is 0 Å². The van der Waals surface area contributed by atoms with Crippen LogP contribution in [0.25, 0.3) is 10.2 Å². The highest BCUT2D eigenvalue weighted by Gasteiger charge is 2.28. The van der Waals surface area contributed by atoms with E-state index < -0.39 is 0 Å². The zero-order chi connectivity index (χ0) is 17.3. The molecule has 1 saturated carbocycles. The summed E-state index contributed by atoms with van der Waals surface area (Å²) < 4.78 is 2.19. The zero-order valence-corrected chi connectivity index (χ0v) is 15.9. The van der Waals surface area contributed by atoms with Gasteiger partial charge >= 0.3 is 0 Å². The van der Waals surface area contributed by atoms with Crippen LogP contribution in [0.1, 0.15) is 33.1 Å². The Hall–Kier alpha value is -1.34. The Bertz CT molecular complexity index is 799. The number of carbonyl (C=O) groups is 1. The van der Waals surface area contributed by atoms with E-state index in [2.05, 4.69) is 24.1 Å². The van der Waals surface area contributed by atoms with Crippen molar-refractivity contribution in [1.29, 1.82) is 0 Å². The molecule has 130 valence electrons. The number of nitrogens with zero attached hydrogens (tertiary/aromatic N) is 2. The van der Waals surface area contributed by atoms with Crippen LogP contribution in [0.4, 0.5) is 0 Å². The average molecular weight is 366 g/mol. The molecule has 0 saturated heterocycles. The number of hydrogen-bond donors (Lipinski definition) is 1. The lowest BCUT2D eigenvalue weighted by Crippen LogP contribution is -2.44. The molecule has 0 unspecified atom stereocenters. The number of fused-ring (bicyclic) bond motifs is 1. The van der Waals surface area contributed by atoms with E-state index in [1.807, 2.05) is 11.4 Å². The van der Waals surface area contributed by atoms with Gasteiger partial charge < -0.3 is 5.32 Å². The van der Waals surface area contributed by atoms with Gasteiger partial charge in [-0.3, -0.25) is 14.2 Å². The second kappa shape index (κ2) is 7.27. The molecule has 3 rings (SSSR count). The highest BCUT2D eigenvalue weighted by Crippen LogP contribution is 2.29. The smallest absolute Gasteiger partial charge is 0.271 e. The molecule has 1 aliphatic rings. The quantitative estimate of drug-likeness (QED) is 0.668. The fourth-order valence-electron chi connectivity index (χ4n) is 3.26. The number of amides is 1. The third kappa shape index (κ3) is 3.52. The van der Waals surface area contributed by atoms with Crippen LogP contribution < -0.4 is 10.9 Å². The Morgan fingerprint density at radius 3 is 3.04 bits per heavy atom. The van der Waals surface area contributed by atoms with Crippen LogP contribution in [0.5, 0.6) is 0 Å². The van der Waals surface area contributed by atoms with Crippen LogP contribution in [-0.4, -0.2) is 27.3 Å². The van der Waals surface area contributed by atoms with Gasteiger partial charge in [-0.15, -0.1) is 11.3 Å². The number of nitrogens with one attached hydrogen (secondary N) is 1. The summed E-state index contributed by atoms with van der Waals surface area (Å²) in [7, 11) is 1.71. The van der Waals surface area contributed by atoms with Crippen LogP contribution in [-0.2, 0) is 11.8 Å². The summed E-state index contributed by atoms with van der Waals surface area (Å²) in [6.45, 7) is 4.48. The molecule has 1 N–H and O–H groups in total. The van der Waals surface area contributed by atoms with Gasteiger partial charge in [0.2, 0.25) is 5.91 Å². The first-order valence-corrected chi connectivity index (χ1v) is 10.2. The molecular weight excluding hydrogens is 342 g/mol. The summed E-state index contributed by atoms with van der Waals surface area (Å²) in [5.74, 6) is 1.47. The molecule has 0 aromatic carbocycles. The van der Waals surface area contributed by atoms with E-state index >= 15 is 0 Å². The van der Waals surface area contributed by atoms with Crippen molar-refractivity contribution in [1.82, 2.24) is 14.9 Å². The first kappa shape index (κ1) is 17.5. The lowest BCUT2D eigenvalue weighted by atomic mass is 9.78. The zero-order valence-electron chi connectivity index (χ0n) is 14.2. The van der Waals surface area contributed by atoms with Gasteiger partial charge in [0.25, 0.3) is 5.56 Å². The number of hydrogen-bond acceptors (Lipinski definition) is 5. The molecule has 7 heteroatoms. The monoisotopic (exact) mass is 365 g/mol. The molecule has 0 spiro atoms. The predicted molar refractivity (Wildman–Crippen MR) is 99.7 cm³/mol. The lowest BCUT2D eigenvalue weighted by Gasteiger charge is -2.34. The molecule has 1 amide bonds. The summed E-state index contributed by atoms with van der Waals surface area (Å²) in [6, 6.07) is 2.11. The molecule has 3 atom stereocenters. The summed E-state index contributed by atoms with van der Waals surface area (Å²) in [4.78, 5) is 29.1. The van der Waals surface area contributed by atoms with Crippen LogP contribution in [0.2, 0.25) is 0 Å². The Labute approximate surface area is 149 Å². The van der Waals surface area contributed by atoms with Crippen LogP contribution >= 0.6 is 23.1 Å². The number of thiophene rings is 1. The first-order valence-electron chi connectivity index (χ1n) is 8.33. The van der Waals surface area contributed by atoms with E-state index in [4.69, 9.17) is 0 Å². The molecule has 0 aliphatic heterocycles. The fraction of sp³-hybridized carbons (Fsp3) is 0.588. The van der Waals surface area contributed by atoms with Gasteiger partial charge in [0.1, 0.15) is 4.70 Å². The van der Waals surface area contributed by atoms with Crippen molar-refractivity contribution in [3.05, 3.63) is 21.8 Å². The second-order valence-corrected chi connectivity index (χ2v) is 8.48. The standard InChI is InChI=1S/C17H23N3O2S2/c1-10-5-4-6-12(11(10)2)18-14(21)9-24-17-19-13-7-8-23-15(13)16(22)20(17)3/h7-8,10-12H,4-6,9H2,1-3H3,(H,18,21)/t10-,11-,12-/m1/s1. The summed E-state index contributed by atoms with van der Waals surface area (Å²) >= 11 is 2.72. The average Bonchev–Trinajstić information content (AvgIpc) is 3.02. The third-order valence-electron chi connectivity index (χ3n) is 5.03.